The number of benzene rings is 1. The molecule has 0 radical (unpaired) electrons. The number of hydrogen-bond acceptors (Lipinski definition) is 5. The van der Waals surface area contributed by atoms with Crippen LogP contribution in [0.2, 0.25) is 0 Å². The molecule has 5 nitrogen and oxygen atoms in total. The lowest BCUT2D eigenvalue weighted by Gasteiger charge is -2.34. The molecule has 0 amide bonds. The van der Waals surface area contributed by atoms with Crippen LogP contribution in [0.1, 0.15) is 82.8 Å². The summed E-state index contributed by atoms with van der Waals surface area (Å²) >= 11 is 0. The highest BCUT2D eigenvalue weighted by atomic mass is 19.4. The molecule has 1 aromatic heterocycles. The largest absolute Gasteiger partial charge is 0.416 e. The Balaban J connectivity index is 1.51. The highest BCUT2D eigenvalue weighted by molar-refractivity contribution is 5.76. The number of ketones is 1. The zero-order chi connectivity index (χ0) is 26.6. The summed E-state index contributed by atoms with van der Waals surface area (Å²) in [5, 5.41) is 3.20. The van der Waals surface area contributed by atoms with Crippen LogP contribution in [-0.4, -0.2) is 28.3 Å². The van der Waals surface area contributed by atoms with Crippen molar-refractivity contribution in [2.45, 2.75) is 90.4 Å². The van der Waals surface area contributed by atoms with Gasteiger partial charge in [0.15, 0.2) is 11.6 Å². The van der Waals surface area contributed by atoms with Gasteiger partial charge in [0, 0.05) is 25.6 Å². The van der Waals surface area contributed by atoms with Crippen molar-refractivity contribution in [1.29, 1.82) is 0 Å². The van der Waals surface area contributed by atoms with Gasteiger partial charge in [0.2, 0.25) is 5.82 Å². The van der Waals surface area contributed by atoms with E-state index in [1.807, 2.05) is 4.90 Å². The number of Topliss-reactive ketones (excluding diaryl/α,β-unsaturated/α-hetero) is 1. The van der Waals surface area contributed by atoms with Gasteiger partial charge in [-0.2, -0.15) is 17.6 Å². The smallest absolute Gasteiger partial charge is 0.367 e. The highest BCUT2D eigenvalue weighted by Gasteiger charge is 2.36. The molecule has 2 fully saturated rings. The molecule has 1 N–H and O–H groups in total. The van der Waals surface area contributed by atoms with E-state index in [-0.39, 0.29) is 35.4 Å². The number of alkyl halides is 3. The summed E-state index contributed by atoms with van der Waals surface area (Å²) in [6.07, 6.45) is 5.38. The first-order chi connectivity index (χ1) is 17.6. The summed E-state index contributed by atoms with van der Waals surface area (Å²) in [6.45, 7) is 4.41. The van der Waals surface area contributed by atoms with E-state index < -0.39 is 17.6 Å². The molecular weight excluding hydrogens is 484 g/mol. The lowest BCUT2D eigenvalue weighted by Crippen LogP contribution is -2.33. The highest BCUT2D eigenvalue weighted by Crippen LogP contribution is 2.42. The molecule has 37 heavy (non-hydrogen) atoms. The number of hydrogen-bond donors (Lipinski definition) is 1. The Morgan fingerprint density at radius 2 is 1.78 bits per heavy atom. The minimum absolute atomic E-state index is 0.0787. The standard InChI is InChI=1S/C28H36F4N4O/c1-3-13-27(15-19(2)37,14-12-20-4-5-20)17-33-25-24(29)26(35-18-34-25)36(23-10-11-23)16-21-6-8-22(9-7-21)28(30,31)32/h6-9,18,20,23H,3-5,10-17H2,1-2H3,(H,33,34,35). The van der Waals surface area contributed by atoms with Gasteiger partial charge in [0.05, 0.1) is 5.56 Å². The molecule has 2 saturated carbocycles. The summed E-state index contributed by atoms with van der Waals surface area (Å²) in [5.74, 6) is 0.537. The number of carbonyl (C=O) groups is 1. The van der Waals surface area contributed by atoms with Gasteiger partial charge in [-0.1, -0.05) is 38.3 Å². The Morgan fingerprint density at radius 3 is 2.35 bits per heavy atom. The monoisotopic (exact) mass is 520 g/mol. The number of rotatable bonds is 14. The number of carbonyl (C=O) groups excluding carboxylic acids is 1. The second-order valence-electron chi connectivity index (χ2n) is 10.9. The number of halogens is 4. The van der Waals surface area contributed by atoms with Gasteiger partial charge in [0.1, 0.15) is 12.1 Å². The van der Waals surface area contributed by atoms with Crippen LogP contribution in [0.3, 0.4) is 0 Å². The summed E-state index contributed by atoms with van der Waals surface area (Å²) < 4.78 is 54.6. The summed E-state index contributed by atoms with van der Waals surface area (Å²) in [4.78, 5) is 22.3. The molecule has 4 rings (SSSR count). The first kappa shape index (κ1) is 27.3. The Hall–Kier alpha value is -2.71. The van der Waals surface area contributed by atoms with Crippen LogP contribution in [0.15, 0.2) is 30.6 Å². The van der Waals surface area contributed by atoms with Gasteiger partial charge in [0.25, 0.3) is 0 Å². The van der Waals surface area contributed by atoms with Gasteiger partial charge in [-0.05, 0) is 68.1 Å². The van der Waals surface area contributed by atoms with Crippen molar-refractivity contribution in [3.8, 4) is 0 Å². The van der Waals surface area contributed by atoms with Crippen LogP contribution in [0.4, 0.5) is 29.2 Å². The lowest BCUT2D eigenvalue weighted by molar-refractivity contribution is -0.137. The quantitative estimate of drug-likeness (QED) is 0.268. The summed E-state index contributed by atoms with van der Waals surface area (Å²) in [5.41, 5.74) is -0.315. The van der Waals surface area contributed by atoms with Crippen molar-refractivity contribution in [2.24, 2.45) is 11.3 Å². The fourth-order valence-electron chi connectivity index (χ4n) is 5.23. The second kappa shape index (κ2) is 11.4. The molecule has 1 heterocycles. The van der Waals surface area contributed by atoms with Crippen LogP contribution in [-0.2, 0) is 17.5 Å². The molecule has 202 valence electrons. The molecule has 0 bridgehead atoms. The third kappa shape index (κ3) is 7.42. The lowest BCUT2D eigenvalue weighted by atomic mass is 9.74. The van der Waals surface area contributed by atoms with Crippen molar-refractivity contribution in [1.82, 2.24) is 9.97 Å². The molecule has 9 heteroatoms. The average Bonchev–Trinajstić information content (AvgIpc) is 3.75. The zero-order valence-electron chi connectivity index (χ0n) is 21.6. The van der Waals surface area contributed by atoms with Crippen molar-refractivity contribution in [3.05, 3.63) is 47.5 Å². The summed E-state index contributed by atoms with van der Waals surface area (Å²) in [6, 6.07) is 5.03. The molecule has 1 unspecified atom stereocenters. The van der Waals surface area contributed by atoms with Crippen molar-refractivity contribution >= 4 is 17.4 Å². The molecule has 2 aliphatic rings. The summed E-state index contributed by atoms with van der Waals surface area (Å²) in [7, 11) is 0. The average molecular weight is 521 g/mol. The van der Waals surface area contributed by atoms with Gasteiger partial charge < -0.3 is 15.0 Å². The van der Waals surface area contributed by atoms with E-state index in [2.05, 4.69) is 22.2 Å². The van der Waals surface area contributed by atoms with Crippen LogP contribution < -0.4 is 10.2 Å². The molecule has 1 aromatic carbocycles. The minimum Gasteiger partial charge on any atom is -0.367 e. The first-order valence-electron chi connectivity index (χ1n) is 13.3. The maximum Gasteiger partial charge on any atom is 0.416 e. The fraction of sp³-hybridized carbons (Fsp3) is 0.607. The van der Waals surface area contributed by atoms with Gasteiger partial charge in [-0.25, -0.2) is 9.97 Å². The molecule has 2 aromatic rings. The minimum atomic E-state index is -4.40. The van der Waals surface area contributed by atoms with Gasteiger partial charge in [-0.3, -0.25) is 0 Å². The number of aromatic nitrogens is 2. The molecular formula is C28H36F4N4O. The van der Waals surface area contributed by atoms with Crippen molar-refractivity contribution in [2.75, 3.05) is 16.8 Å². The third-order valence-corrected chi connectivity index (χ3v) is 7.48. The molecule has 1 atom stereocenters. The van der Waals surface area contributed by atoms with Crippen LogP contribution in [0, 0.1) is 17.2 Å². The predicted octanol–water partition coefficient (Wildman–Crippen LogP) is 7.17. The molecule has 0 aliphatic heterocycles. The van der Waals surface area contributed by atoms with E-state index in [4.69, 9.17) is 0 Å². The Morgan fingerprint density at radius 1 is 1.08 bits per heavy atom. The normalized spacial score (nSPS) is 17.4. The SMILES string of the molecule is CCCC(CCC1CC1)(CNc1ncnc(N(Cc2ccc(C(F)(F)F)cc2)C2CC2)c1F)CC(C)=O. The molecule has 0 saturated heterocycles. The van der Waals surface area contributed by atoms with Crippen molar-refractivity contribution in [3.63, 3.8) is 0 Å². The van der Waals surface area contributed by atoms with E-state index in [9.17, 15) is 18.0 Å². The van der Waals surface area contributed by atoms with Gasteiger partial charge in [-0.15, -0.1) is 0 Å². The van der Waals surface area contributed by atoms with E-state index in [1.54, 1.807) is 6.92 Å². The predicted molar refractivity (Wildman–Crippen MR) is 136 cm³/mol. The number of nitrogens with zero attached hydrogens (tertiary/aromatic N) is 3. The Kier molecular flexibility index (Phi) is 8.39. The topological polar surface area (TPSA) is 58.1 Å². The van der Waals surface area contributed by atoms with Crippen LogP contribution >= 0.6 is 0 Å². The van der Waals surface area contributed by atoms with Gasteiger partial charge >= 0.3 is 6.18 Å². The van der Waals surface area contributed by atoms with E-state index >= 15 is 4.39 Å². The fourth-order valence-corrected chi connectivity index (χ4v) is 5.23. The van der Waals surface area contributed by atoms with E-state index in [0.29, 0.717) is 18.5 Å². The Labute approximate surface area is 216 Å². The van der Waals surface area contributed by atoms with E-state index in [1.165, 1.54) is 31.3 Å². The number of anilines is 2. The third-order valence-electron chi connectivity index (χ3n) is 7.48. The molecule has 0 spiro atoms. The maximum atomic E-state index is 15.7. The number of nitrogens with one attached hydrogen (secondary N) is 1. The van der Waals surface area contributed by atoms with Crippen molar-refractivity contribution < 1.29 is 22.4 Å². The second-order valence-corrected chi connectivity index (χ2v) is 10.9. The zero-order valence-corrected chi connectivity index (χ0v) is 21.6. The van der Waals surface area contributed by atoms with Crippen LogP contribution in [0.25, 0.3) is 0 Å². The first-order valence-corrected chi connectivity index (χ1v) is 13.3. The van der Waals surface area contributed by atoms with E-state index in [0.717, 1.165) is 56.6 Å². The maximum absolute atomic E-state index is 15.7. The van der Waals surface area contributed by atoms with Crippen LogP contribution in [0.5, 0.6) is 0 Å². The molecule has 2 aliphatic carbocycles. The Bertz CT molecular complexity index is 1070.